The Balaban J connectivity index is 1.55. The summed E-state index contributed by atoms with van der Waals surface area (Å²) < 4.78 is 5.11. The first-order chi connectivity index (χ1) is 13.0. The minimum atomic E-state index is -0.352. The second-order valence-electron chi connectivity index (χ2n) is 6.13. The van der Waals surface area contributed by atoms with E-state index in [1.165, 1.54) is 6.07 Å². The number of ether oxygens (including phenoxy) is 1. The molecule has 0 unspecified atom stereocenters. The minimum Gasteiger partial charge on any atom is -0.497 e. The standard InChI is InChI=1S/C18H20N4O4S/c1-26-14-4-2-3-12(7-14)20-17(25)10-27-18-21-13(9-16(24)22-18)8-15(23)19-11-5-6-11/h2-4,7,9,11H,5-6,8,10H2,1H3,(H,19,23)(H,20,25)(H,21,22,24). The van der Waals surface area contributed by atoms with E-state index in [0.29, 0.717) is 22.3 Å². The third-order valence-corrected chi connectivity index (χ3v) is 4.62. The molecule has 27 heavy (non-hydrogen) atoms. The molecule has 0 spiro atoms. The molecule has 1 saturated carbocycles. The van der Waals surface area contributed by atoms with Crippen molar-refractivity contribution in [2.75, 3.05) is 18.2 Å². The molecule has 1 aromatic carbocycles. The number of aromatic nitrogens is 2. The molecule has 142 valence electrons. The van der Waals surface area contributed by atoms with Crippen LogP contribution in [0.5, 0.6) is 5.75 Å². The molecule has 9 heteroatoms. The van der Waals surface area contributed by atoms with E-state index < -0.39 is 0 Å². The summed E-state index contributed by atoms with van der Waals surface area (Å²) in [5.41, 5.74) is 0.648. The Morgan fingerprint density at radius 1 is 1.30 bits per heavy atom. The van der Waals surface area contributed by atoms with Gasteiger partial charge in [-0.1, -0.05) is 17.8 Å². The molecular formula is C18H20N4O4S. The average Bonchev–Trinajstić information content (AvgIpc) is 3.43. The largest absolute Gasteiger partial charge is 0.497 e. The van der Waals surface area contributed by atoms with Crippen molar-refractivity contribution in [1.29, 1.82) is 0 Å². The maximum absolute atomic E-state index is 12.1. The van der Waals surface area contributed by atoms with Gasteiger partial charge in [0, 0.05) is 23.9 Å². The molecule has 1 aliphatic carbocycles. The molecule has 0 aliphatic heterocycles. The monoisotopic (exact) mass is 388 g/mol. The summed E-state index contributed by atoms with van der Waals surface area (Å²) >= 11 is 1.10. The van der Waals surface area contributed by atoms with Crippen molar-refractivity contribution in [3.8, 4) is 5.75 Å². The number of amides is 2. The van der Waals surface area contributed by atoms with Crippen LogP contribution in [-0.2, 0) is 16.0 Å². The van der Waals surface area contributed by atoms with Gasteiger partial charge in [0.25, 0.3) is 5.56 Å². The number of hydrogen-bond acceptors (Lipinski definition) is 6. The molecule has 1 fully saturated rings. The number of anilines is 1. The fourth-order valence-electron chi connectivity index (χ4n) is 2.35. The summed E-state index contributed by atoms with van der Waals surface area (Å²) in [7, 11) is 1.55. The molecule has 2 amide bonds. The fraction of sp³-hybridized carbons (Fsp3) is 0.333. The first-order valence-electron chi connectivity index (χ1n) is 8.48. The van der Waals surface area contributed by atoms with Crippen molar-refractivity contribution in [2.24, 2.45) is 0 Å². The SMILES string of the molecule is COc1cccc(NC(=O)CSc2nc(CC(=O)NC3CC3)cc(=O)[nH]2)c1. The number of carbonyl (C=O) groups excluding carboxylic acids is 2. The van der Waals surface area contributed by atoms with Crippen molar-refractivity contribution in [3.05, 3.63) is 46.4 Å². The predicted octanol–water partition coefficient (Wildman–Crippen LogP) is 1.33. The van der Waals surface area contributed by atoms with Gasteiger partial charge in [0.2, 0.25) is 11.8 Å². The van der Waals surface area contributed by atoms with Crippen LogP contribution in [-0.4, -0.2) is 40.7 Å². The molecule has 3 rings (SSSR count). The lowest BCUT2D eigenvalue weighted by atomic mass is 10.3. The molecule has 0 saturated heterocycles. The summed E-state index contributed by atoms with van der Waals surface area (Å²) in [5, 5.41) is 5.91. The van der Waals surface area contributed by atoms with Gasteiger partial charge in [-0.2, -0.15) is 0 Å². The second-order valence-corrected chi connectivity index (χ2v) is 7.09. The summed E-state index contributed by atoms with van der Waals surface area (Å²) in [6.07, 6.45) is 2.04. The zero-order valence-corrected chi connectivity index (χ0v) is 15.6. The number of carbonyl (C=O) groups is 2. The van der Waals surface area contributed by atoms with Gasteiger partial charge in [0.05, 0.1) is 25.0 Å². The Morgan fingerprint density at radius 2 is 2.11 bits per heavy atom. The van der Waals surface area contributed by atoms with E-state index in [2.05, 4.69) is 20.6 Å². The van der Waals surface area contributed by atoms with Crippen LogP contribution in [0.25, 0.3) is 0 Å². The average molecular weight is 388 g/mol. The van der Waals surface area contributed by atoms with Crippen molar-refractivity contribution in [3.63, 3.8) is 0 Å². The second kappa shape index (κ2) is 8.72. The zero-order valence-electron chi connectivity index (χ0n) is 14.8. The summed E-state index contributed by atoms with van der Waals surface area (Å²) in [6.45, 7) is 0. The van der Waals surface area contributed by atoms with Gasteiger partial charge in [0.15, 0.2) is 5.16 Å². The molecule has 1 aromatic heterocycles. The maximum Gasteiger partial charge on any atom is 0.251 e. The van der Waals surface area contributed by atoms with E-state index in [1.54, 1.807) is 31.4 Å². The molecule has 0 bridgehead atoms. The first kappa shape index (κ1) is 19.0. The number of nitrogens with one attached hydrogen (secondary N) is 3. The highest BCUT2D eigenvalue weighted by Gasteiger charge is 2.23. The quantitative estimate of drug-likeness (QED) is 0.464. The van der Waals surface area contributed by atoms with E-state index in [-0.39, 0.29) is 35.6 Å². The van der Waals surface area contributed by atoms with E-state index in [0.717, 1.165) is 24.6 Å². The first-order valence-corrected chi connectivity index (χ1v) is 9.46. The number of H-pyrrole nitrogens is 1. The topological polar surface area (TPSA) is 113 Å². The third kappa shape index (κ3) is 6.14. The van der Waals surface area contributed by atoms with E-state index in [4.69, 9.17) is 4.74 Å². The van der Waals surface area contributed by atoms with Crippen LogP contribution in [0.15, 0.2) is 40.3 Å². The summed E-state index contributed by atoms with van der Waals surface area (Å²) in [5.74, 6) is 0.316. The van der Waals surface area contributed by atoms with E-state index in [9.17, 15) is 14.4 Å². The Labute approximate surface area is 160 Å². The fourth-order valence-corrected chi connectivity index (χ4v) is 3.04. The summed E-state index contributed by atoms with van der Waals surface area (Å²) in [6, 6.07) is 8.58. The van der Waals surface area contributed by atoms with Crippen LogP contribution in [0.3, 0.4) is 0 Å². The van der Waals surface area contributed by atoms with Crippen LogP contribution in [0, 0.1) is 0 Å². The lowest BCUT2D eigenvalue weighted by Crippen LogP contribution is -2.28. The normalized spacial score (nSPS) is 13.1. The van der Waals surface area contributed by atoms with Crippen LogP contribution in [0.2, 0.25) is 0 Å². The molecule has 3 N–H and O–H groups in total. The lowest BCUT2D eigenvalue weighted by Gasteiger charge is -2.07. The number of aromatic amines is 1. The Morgan fingerprint density at radius 3 is 2.85 bits per heavy atom. The number of benzene rings is 1. The van der Waals surface area contributed by atoms with Crippen LogP contribution >= 0.6 is 11.8 Å². The van der Waals surface area contributed by atoms with Gasteiger partial charge in [-0.15, -0.1) is 0 Å². The van der Waals surface area contributed by atoms with Gasteiger partial charge >= 0.3 is 0 Å². The molecule has 8 nitrogen and oxygen atoms in total. The van der Waals surface area contributed by atoms with Gasteiger partial charge in [0.1, 0.15) is 5.75 Å². The van der Waals surface area contributed by atoms with Gasteiger partial charge in [-0.25, -0.2) is 4.98 Å². The highest BCUT2D eigenvalue weighted by atomic mass is 32.2. The van der Waals surface area contributed by atoms with E-state index in [1.807, 2.05) is 0 Å². The van der Waals surface area contributed by atoms with Crippen molar-refractivity contribution >= 4 is 29.3 Å². The third-order valence-electron chi connectivity index (χ3n) is 3.75. The number of methoxy groups -OCH3 is 1. The molecular weight excluding hydrogens is 368 g/mol. The lowest BCUT2D eigenvalue weighted by molar-refractivity contribution is -0.120. The van der Waals surface area contributed by atoms with Crippen molar-refractivity contribution < 1.29 is 14.3 Å². The smallest absolute Gasteiger partial charge is 0.251 e. The Kier molecular flexibility index (Phi) is 6.12. The highest BCUT2D eigenvalue weighted by molar-refractivity contribution is 7.99. The molecule has 1 heterocycles. The van der Waals surface area contributed by atoms with Gasteiger partial charge in [-0.3, -0.25) is 14.4 Å². The van der Waals surface area contributed by atoms with Crippen LogP contribution in [0.4, 0.5) is 5.69 Å². The van der Waals surface area contributed by atoms with Crippen LogP contribution in [0.1, 0.15) is 18.5 Å². The molecule has 0 atom stereocenters. The van der Waals surface area contributed by atoms with Crippen LogP contribution < -0.4 is 20.9 Å². The Hall–Kier alpha value is -2.81. The minimum absolute atomic E-state index is 0.0456. The van der Waals surface area contributed by atoms with Gasteiger partial charge < -0.3 is 20.4 Å². The highest BCUT2D eigenvalue weighted by Crippen LogP contribution is 2.19. The Bertz CT molecular complexity index is 895. The number of nitrogens with zero attached hydrogens (tertiary/aromatic N) is 1. The molecule has 2 aromatic rings. The summed E-state index contributed by atoms with van der Waals surface area (Å²) in [4.78, 5) is 42.6. The number of thioether (sulfide) groups is 1. The maximum atomic E-state index is 12.1. The van der Waals surface area contributed by atoms with Crippen molar-refractivity contribution in [1.82, 2.24) is 15.3 Å². The van der Waals surface area contributed by atoms with E-state index >= 15 is 0 Å². The molecule has 1 aliphatic rings. The van der Waals surface area contributed by atoms with Crippen molar-refractivity contribution in [2.45, 2.75) is 30.5 Å². The molecule has 0 radical (unpaired) electrons. The number of hydrogen-bond donors (Lipinski definition) is 3. The zero-order chi connectivity index (χ0) is 19.2. The van der Waals surface area contributed by atoms with Gasteiger partial charge in [-0.05, 0) is 25.0 Å². The number of rotatable bonds is 8. The predicted molar refractivity (Wildman–Crippen MR) is 102 cm³/mol.